The van der Waals surface area contributed by atoms with E-state index < -0.39 is 16.0 Å². The molecular weight excluding hydrogens is 254 g/mol. The van der Waals surface area contributed by atoms with Crippen LogP contribution in [0.15, 0.2) is 0 Å². The summed E-state index contributed by atoms with van der Waals surface area (Å²) in [4.78, 5) is 10.4. The molecule has 0 bridgehead atoms. The molecule has 0 aliphatic heterocycles. The van der Waals surface area contributed by atoms with Crippen molar-refractivity contribution in [1.29, 1.82) is 0 Å². The lowest BCUT2D eigenvalue weighted by Gasteiger charge is -2.31. The van der Waals surface area contributed by atoms with Gasteiger partial charge < -0.3 is 5.11 Å². The second kappa shape index (κ2) is 7.09. The number of nitrogens with one attached hydrogen (secondary N) is 1. The van der Waals surface area contributed by atoms with Gasteiger partial charge in [0.25, 0.3) is 0 Å². The van der Waals surface area contributed by atoms with Crippen LogP contribution in [0.25, 0.3) is 0 Å². The molecule has 0 aromatic carbocycles. The van der Waals surface area contributed by atoms with E-state index in [1.54, 1.807) is 0 Å². The van der Waals surface area contributed by atoms with E-state index in [4.69, 9.17) is 5.11 Å². The smallest absolute Gasteiger partial charge is 0.303 e. The number of carbonyl (C=O) groups is 1. The van der Waals surface area contributed by atoms with Crippen LogP contribution in [0, 0.1) is 5.92 Å². The van der Waals surface area contributed by atoms with Crippen LogP contribution in [0.4, 0.5) is 0 Å². The molecule has 5 nitrogen and oxygen atoms in total. The molecule has 0 spiro atoms. The zero-order chi connectivity index (χ0) is 13.6. The third-order valence-electron chi connectivity index (χ3n) is 3.57. The minimum Gasteiger partial charge on any atom is -0.481 e. The largest absolute Gasteiger partial charge is 0.481 e. The van der Waals surface area contributed by atoms with Crippen molar-refractivity contribution >= 4 is 16.0 Å². The lowest BCUT2D eigenvalue weighted by Crippen LogP contribution is -2.42. The van der Waals surface area contributed by atoms with Gasteiger partial charge in [0, 0.05) is 12.5 Å². The van der Waals surface area contributed by atoms with E-state index in [1.165, 1.54) is 6.42 Å². The van der Waals surface area contributed by atoms with E-state index in [1.807, 2.05) is 0 Å². The fraction of sp³-hybridized carbons (Fsp3) is 0.917. The number of hydrogen-bond donors (Lipinski definition) is 2. The Morgan fingerprint density at radius 1 is 1.33 bits per heavy atom. The van der Waals surface area contributed by atoms with Gasteiger partial charge in [-0.3, -0.25) is 4.79 Å². The third kappa shape index (κ3) is 5.35. The van der Waals surface area contributed by atoms with Gasteiger partial charge in [-0.15, -0.1) is 0 Å². The summed E-state index contributed by atoms with van der Waals surface area (Å²) in [6.45, 7) is 2.09. The van der Waals surface area contributed by atoms with Crippen LogP contribution in [0.3, 0.4) is 0 Å². The Kier molecular flexibility index (Phi) is 6.08. The van der Waals surface area contributed by atoms with Crippen molar-refractivity contribution in [1.82, 2.24) is 4.72 Å². The van der Waals surface area contributed by atoms with Gasteiger partial charge in [0.1, 0.15) is 0 Å². The van der Waals surface area contributed by atoms with Gasteiger partial charge in [-0.1, -0.05) is 26.2 Å². The second-order valence-corrected chi connectivity index (χ2v) is 6.87. The van der Waals surface area contributed by atoms with Crippen LogP contribution in [0.2, 0.25) is 0 Å². The van der Waals surface area contributed by atoms with Crippen LogP contribution in [0.5, 0.6) is 0 Å². The minimum absolute atomic E-state index is 0.0404. The topological polar surface area (TPSA) is 83.5 Å². The van der Waals surface area contributed by atoms with E-state index in [0.29, 0.717) is 5.92 Å². The molecule has 0 amide bonds. The average Bonchev–Trinajstić information content (AvgIpc) is 2.28. The monoisotopic (exact) mass is 277 g/mol. The van der Waals surface area contributed by atoms with Gasteiger partial charge in [0.15, 0.2) is 0 Å². The third-order valence-corrected chi connectivity index (χ3v) is 5.06. The fourth-order valence-corrected chi connectivity index (χ4v) is 3.97. The zero-order valence-corrected chi connectivity index (χ0v) is 11.7. The SMILES string of the molecule is CCC1CCCCC1NS(=O)(=O)CCCC(=O)O. The Hall–Kier alpha value is -0.620. The molecule has 1 fully saturated rings. The molecular formula is C12H23NO4S. The molecule has 2 N–H and O–H groups in total. The summed E-state index contributed by atoms with van der Waals surface area (Å²) in [6, 6.07) is 0.0404. The average molecular weight is 277 g/mol. The quantitative estimate of drug-likeness (QED) is 0.742. The highest BCUT2D eigenvalue weighted by Gasteiger charge is 2.27. The first kappa shape index (κ1) is 15.4. The molecule has 18 heavy (non-hydrogen) atoms. The molecule has 2 unspecified atom stereocenters. The van der Waals surface area contributed by atoms with Gasteiger partial charge in [-0.25, -0.2) is 13.1 Å². The summed E-state index contributed by atoms with van der Waals surface area (Å²) < 4.78 is 26.4. The van der Waals surface area contributed by atoms with Gasteiger partial charge in [0.05, 0.1) is 5.75 Å². The van der Waals surface area contributed by atoms with Crippen molar-refractivity contribution in [3.05, 3.63) is 0 Å². The lowest BCUT2D eigenvalue weighted by atomic mass is 9.83. The van der Waals surface area contributed by atoms with Crippen LogP contribution >= 0.6 is 0 Å². The number of carboxylic acid groups (broad SMARTS) is 1. The lowest BCUT2D eigenvalue weighted by molar-refractivity contribution is -0.137. The van der Waals surface area contributed by atoms with Gasteiger partial charge in [-0.05, 0) is 25.2 Å². The second-order valence-electron chi connectivity index (χ2n) is 4.99. The number of hydrogen-bond acceptors (Lipinski definition) is 3. The molecule has 6 heteroatoms. The summed E-state index contributed by atoms with van der Waals surface area (Å²) in [6.07, 6.45) is 5.29. The van der Waals surface area contributed by atoms with Crippen molar-refractivity contribution in [2.45, 2.75) is 57.9 Å². The van der Waals surface area contributed by atoms with Crippen molar-refractivity contribution in [2.75, 3.05) is 5.75 Å². The van der Waals surface area contributed by atoms with Crippen LogP contribution in [0.1, 0.15) is 51.9 Å². The molecule has 0 radical (unpaired) electrons. The number of carboxylic acids is 1. The molecule has 0 aromatic rings. The highest BCUT2D eigenvalue weighted by Crippen LogP contribution is 2.27. The predicted octanol–water partition coefficient (Wildman–Crippen LogP) is 1.74. The Morgan fingerprint density at radius 2 is 2.00 bits per heavy atom. The van der Waals surface area contributed by atoms with Crippen molar-refractivity contribution in [2.24, 2.45) is 5.92 Å². The summed E-state index contributed by atoms with van der Waals surface area (Å²) >= 11 is 0. The Balaban J connectivity index is 2.45. The first-order valence-electron chi connectivity index (χ1n) is 6.66. The van der Waals surface area contributed by atoms with Crippen LogP contribution in [-0.2, 0) is 14.8 Å². The Morgan fingerprint density at radius 3 is 2.61 bits per heavy atom. The maximum atomic E-state index is 11.8. The first-order chi connectivity index (χ1) is 8.44. The maximum absolute atomic E-state index is 11.8. The van der Waals surface area contributed by atoms with E-state index in [9.17, 15) is 13.2 Å². The van der Waals surface area contributed by atoms with Crippen molar-refractivity contribution < 1.29 is 18.3 Å². The number of sulfonamides is 1. The summed E-state index contributed by atoms with van der Waals surface area (Å²) in [5.74, 6) is -0.617. The van der Waals surface area contributed by atoms with E-state index in [0.717, 1.165) is 25.7 Å². The number of aliphatic carboxylic acids is 1. The molecule has 2 atom stereocenters. The maximum Gasteiger partial charge on any atom is 0.303 e. The van der Waals surface area contributed by atoms with Crippen molar-refractivity contribution in [3.63, 3.8) is 0 Å². The highest BCUT2D eigenvalue weighted by molar-refractivity contribution is 7.89. The summed E-state index contributed by atoms with van der Waals surface area (Å²) in [5, 5.41) is 8.50. The summed E-state index contributed by atoms with van der Waals surface area (Å²) in [7, 11) is -3.33. The van der Waals surface area contributed by atoms with E-state index >= 15 is 0 Å². The number of rotatable bonds is 7. The molecule has 1 aliphatic carbocycles. The molecule has 0 saturated heterocycles. The van der Waals surface area contributed by atoms with Crippen molar-refractivity contribution in [3.8, 4) is 0 Å². The Bertz CT molecular complexity index is 366. The molecule has 1 rings (SSSR count). The molecule has 0 aromatic heterocycles. The molecule has 1 aliphatic rings. The molecule has 106 valence electrons. The van der Waals surface area contributed by atoms with Gasteiger partial charge in [-0.2, -0.15) is 0 Å². The first-order valence-corrected chi connectivity index (χ1v) is 8.31. The predicted molar refractivity (Wildman–Crippen MR) is 69.8 cm³/mol. The Labute approximate surface area is 109 Å². The van der Waals surface area contributed by atoms with Crippen LogP contribution < -0.4 is 4.72 Å². The van der Waals surface area contributed by atoms with E-state index in [2.05, 4.69) is 11.6 Å². The van der Waals surface area contributed by atoms with E-state index in [-0.39, 0.29) is 24.6 Å². The normalized spacial score (nSPS) is 24.9. The minimum atomic E-state index is -3.33. The molecule has 0 heterocycles. The van der Waals surface area contributed by atoms with Crippen LogP contribution in [-0.4, -0.2) is 31.3 Å². The zero-order valence-electron chi connectivity index (χ0n) is 10.9. The highest BCUT2D eigenvalue weighted by atomic mass is 32.2. The van der Waals surface area contributed by atoms with Gasteiger partial charge >= 0.3 is 5.97 Å². The fourth-order valence-electron chi connectivity index (χ4n) is 2.55. The summed E-state index contributed by atoms with van der Waals surface area (Å²) in [5.41, 5.74) is 0. The molecule has 1 saturated carbocycles. The standard InChI is InChI=1S/C12H23NO4S/c1-2-10-6-3-4-7-11(10)13-18(16,17)9-5-8-12(14)15/h10-11,13H,2-9H2,1H3,(H,14,15). The van der Waals surface area contributed by atoms with Gasteiger partial charge in [0.2, 0.25) is 10.0 Å².